The van der Waals surface area contributed by atoms with Crippen LogP contribution in [0, 0.1) is 10.1 Å². The number of imidazole rings is 1. The third-order valence-corrected chi connectivity index (χ3v) is 4.30. The molecule has 0 N–H and O–H groups in total. The number of hydrogen-bond donors (Lipinski definition) is 0. The molecular weight excluding hydrogens is 266 g/mol. The molecule has 1 heterocycles. The summed E-state index contributed by atoms with van der Waals surface area (Å²) in [6.45, 7) is 7.74. The summed E-state index contributed by atoms with van der Waals surface area (Å²) in [6.07, 6.45) is 1.23. The molecule has 0 fully saturated rings. The largest absolute Gasteiger partial charge is 0.374 e. The van der Waals surface area contributed by atoms with Crippen molar-refractivity contribution in [3.63, 3.8) is 0 Å². The van der Waals surface area contributed by atoms with Crippen LogP contribution < -0.4 is 0 Å². The number of nitrogens with zero attached hydrogens (tertiary/aromatic N) is 3. The van der Waals surface area contributed by atoms with Crippen LogP contribution in [0.1, 0.15) is 5.82 Å². The van der Waals surface area contributed by atoms with Gasteiger partial charge in [0, 0.05) is 21.8 Å². The van der Waals surface area contributed by atoms with Gasteiger partial charge in [-0.05, 0) is 11.0 Å². The van der Waals surface area contributed by atoms with E-state index in [9.17, 15) is 10.1 Å². The third-order valence-electron chi connectivity index (χ3n) is 2.59. The van der Waals surface area contributed by atoms with Gasteiger partial charge in [0.2, 0.25) is 5.82 Å². The average Bonchev–Trinajstić information content (AvgIpc) is 2.67. The quantitative estimate of drug-likeness (QED) is 0.317. The smallest absolute Gasteiger partial charge is 0.344 e. The fourth-order valence-corrected chi connectivity index (χ4v) is 2.23. The van der Waals surface area contributed by atoms with Crippen molar-refractivity contribution < 1.29 is 14.4 Å². The second-order valence-electron chi connectivity index (χ2n) is 5.50. The van der Waals surface area contributed by atoms with E-state index in [1.54, 1.807) is 0 Å². The number of ether oxygens (including phenoxy) is 2. The molecule has 0 radical (unpaired) electrons. The van der Waals surface area contributed by atoms with Crippen molar-refractivity contribution in [2.75, 3.05) is 13.7 Å². The number of nitro groups is 1. The van der Waals surface area contributed by atoms with Crippen LogP contribution in [0.2, 0.25) is 25.7 Å². The molecule has 0 saturated heterocycles. The first-order valence-electron chi connectivity index (χ1n) is 6.10. The number of rotatable bonds is 8. The standard InChI is InChI=1S/C11H21N3O4Si/c1-17-8-10-12-7-11(14(15)16)13(10)9-18-5-6-19(2,3)4/h7H,5-6,8-9H2,1-4H3. The van der Waals surface area contributed by atoms with Crippen molar-refractivity contribution in [3.8, 4) is 0 Å². The van der Waals surface area contributed by atoms with Gasteiger partial charge in [-0.1, -0.05) is 19.6 Å². The highest BCUT2D eigenvalue weighted by Gasteiger charge is 2.20. The Kier molecular flexibility index (Phi) is 5.64. The highest BCUT2D eigenvalue weighted by molar-refractivity contribution is 6.76. The maximum atomic E-state index is 10.9. The van der Waals surface area contributed by atoms with Gasteiger partial charge >= 0.3 is 5.82 Å². The van der Waals surface area contributed by atoms with Gasteiger partial charge in [-0.2, -0.15) is 4.57 Å². The van der Waals surface area contributed by atoms with E-state index in [0.29, 0.717) is 12.4 Å². The molecule has 108 valence electrons. The molecule has 0 bridgehead atoms. The lowest BCUT2D eigenvalue weighted by Crippen LogP contribution is -2.22. The molecule has 0 aliphatic carbocycles. The molecule has 8 heteroatoms. The molecule has 7 nitrogen and oxygen atoms in total. The highest BCUT2D eigenvalue weighted by Crippen LogP contribution is 2.15. The Morgan fingerprint density at radius 2 is 2.16 bits per heavy atom. The van der Waals surface area contributed by atoms with Crippen molar-refractivity contribution >= 4 is 13.9 Å². The van der Waals surface area contributed by atoms with Gasteiger partial charge < -0.3 is 19.6 Å². The molecular formula is C11H21N3O4Si. The summed E-state index contributed by atoms with van der Waals surface area (Å²) < 4.78 is 11.9. The summed E-state index contributed by atoms with van der Waals surface area (Å²) in [7, 11) is 0.373. The Balaban J connectivity index is 2.64. The van der Waals surface area contributed by atoms with Gasteiger partial charge in [-0.3, -0.25) is 0 Å². The third kappa shape index (κ3) is 5.09. The Hall–Kier alpha value is -1.25. The highest BCUT2D eigenvalue weighted by atomic mass is 28.3. The summed E-state index contributed by atoms with van der Waals surface area (Å²) in [5.74, 6) is 0.433. The van der Waals surface area contributed by atoms with Gasteiger partial charge in [0.05, 0.1) is 0 Å². The Morgan fingerprint density at radius 1 is 1.47 bits per heavy atom. The van der Waals surface area contributed by atoms with Crippen LogP contribution in [0.5, 0.6) is 0 Å². The van der Waals surface area contributed by atoms with E-state index >= 15 is 0 Å². The number of methoxy groups -OCH3 is 1. The predicted molar refractivity (Wildman–Crippen MR) is 73.7 cm³/mol. The Bertz CT molecular complexity index is 428. The maximum Gasteiger partial charge on any atom is 0.344 e. The molecule has 1 aromatic rings. The van der Waals surface area contributed by atoms with Crippen LogP contribution >= 0.6 is 0 Å². The molecule has 0 aliphatic rings. The van der Waals surface area contributed by atoms with Crippen LogP contribution in [0.15, 0.2) is 6.20 Å². The number of aromatic nitrogens is 2. The van der Waals surface area contributed by atoms with Crippen molar-refractivity contribution in [2.24, 2.45) is 0 Å². The van der Waals surface area contributed by atoms with Gasteiger partial charge in [0.1, 0.15) is 12.8 Å². The first kappa shape index (κ1) is 15.8. The SMILES string of the molecule is COCc1ncc([N+](=O)[O-])n1COCC[Si](C)(C)C. The zero-order chi connectivity index (χ0) is 14.5. The molecule has 1 rings (SSSR count). The predicted octanol–water partition coefficient (Wildman–Crippen LogP) is 2.25. The molecule has 0 atom stereocenters. The summed E-state index contributed by atoms with van der Waals surface area (Å²) in [5, 5.41) is 10.9. The lowest BCUT2D eigenvalue weighted by atomic mass is 10.6. The van der Waals surface area contributed by atoms with Gasteiger partial charge in [-0.15, -0.1) is 0 Å². The fourth-order valence-electron chi connectivity index (χ4n) is 1.47. The van der Waals surface area contributed by atoms with Crippen molar-refractivity contribution in [2.45, 2.75) is 39.0 Å². The van der Waals surface area contributed by atoms with Crippen LogP contribution in [-0.2, 0) is 22.8 Å². The van der Waals surface area contributed by atoms with E-state index in [-0.39, 0.29) is 19.2 Å². The summed E-state index contributed by atoms with van der Waals surface area (Å²) in [5.41, 5.74) is 0. The molecule has 0 aliphatic heterocycles. The Labute approximate surface area is 113 Å². The molecule has 19 heavy (non-hydrogen) atoms. The first-order valence-corrected chi connectivity index (χ1v) is 9.81. The van der Waals surface area contributed by atoms with E-state index in [1.807, 2.05) is 0 Å². The van der Waals surface area contributed by atoms with Crippen LogP contribution in [0.4, 0.5) is 5.82 Å². The lowest BCUT2D eigenvalue weighted by Gasteiger charge is -2.15. The molecule has 1 aromatic heterocycles. The van der Waals surface area contributed by atoms with Gasteiger partial charge in [0.25, 0.3) is 0 Å². The molecule has 0 unspecified atom stereocenters. The normalized spacial score (nSPS) is 11.8. The van der Waals surface area contributed by atoms with Gasteiger partial charge in [0.15, 0.2) is 6.73 Å². The van der Waals surface area contributed by atoms with Crippen molar-refractivity contribution in [1.82, 2.24) is 9.55 Å². The molecule has 0 spiro atoms. The zero-order valence-electron chi connectivity index (χ0n) is 11.9. The summed E-state index contributed by atoms with van der Waals surface area (Å²) >= 11 is 0. The van der Waals surface area contributed by atoms with E-state index in [4.69, 9.17) is 9.47 Å². The van der Waals surface area contributed by atoms with Crippen LogP contribution in [0.3, 0.4) is 0 Å². The van der Waals surface area contributed by atoms with Crippen molar-refractivity contribution in [1.29, 1.82) is 0 Å². The van der Waals surface area contributed by atoms with Gasteiger partial charge in [-0.25, -0.2) is 4.98 Å². The summed E-state index contributed by atoms with van der Waals surface area (Å²) in [6, 6.07) is 1.02. The van der Waals surface area contributed by atoms with E-state index < -0.39 is 13.0 Å². The minimum atomic E-state index is -1.15. The molecule has 0 saturated carbocycles. The molecule has 0 aromatic carbocycles. The van der Waals surface area contributed by atoms with Crippen molar-refractivity contribution in [3.05, 3.63) is 22.1 Å². The zero-order valence-corrected chi connectivity index (χ0v) is 12.9. The summed E-state index contributed by atoms with van der Waals surface area (Å²) in [4.78, 5) is 14.4. The lowest BCUT2D eigenvalue weighted by molar-refractivity contribution is -0.393. The topological polar surface area (TPSA) is 79.4 Å². The first-order chi connectivity index (χ1) is 8.85. The fraction of sp³-hybridized carbons (Fsp3) is 0.727. The minimum absolute atomic E-state index is 0.0694. The minimum Gasteiger partial charge on any atom is -0.374 e. The van der Waals surface area contributed by atoms with E-state index in [2.05, 4.69) is 24.6 Å². The second kappa shape index (κ2) is 6.78. The molecule has 0 amide bonds. The average molecular weight is 287 g/mol. The van der Waals surface area contributed by atoms with E-state index in [1.165, 1.54) is 17.9 Å². The Morgan fingerprint density at radius 3 is 2.68 bits per heavy atom. The van der Waals surface area contributed by atoms with Crippen LogP contribution in [0.25, 0.3) is 0 Å². The second-order valence-corrected chi connectivity index (χ2v) is 11.1. The maximum absolute atomic E-state index is 10.9. The monoisotopic (exact) mass is 287 g/mol. The van der Waals surface area contributed by atoms with E-state index in [0.717, 1.165) is 6.04 Å². The van der Waals surface area contributed by atoms with Crippen LogP contribution in [-0.4, -0.2) is 36.3 Å². The number of hydrogen-bond acceptors (Lipinski definition) is 5.